The number of nitrogens with one attached hydrogen (secondary N) is 3. The van der Waals surface area contributed by atoms with Crippen LogP contribution in [0.25, 0.3) is 0 Å². The van der Waals surface area contributed by atoms with Gasteiger partial charge < -0.3 is 10.6 Å². The zero-order valence-electron chi connectivity index (χ0n) is 11.1. The van der Waals surface area contributed by atoms with Gasteiger partial charge >= 0.3 is 0 Å². The fraction of sp³-hybridized carbons (Fsp3) is 0.750. The standard InChI is InChI=1S/C12H21N3O3/c1-12(2,3)13-7-6-10(17)14-8-4-5-9(16)15-11(8)18/h8,13H,4-7H2,1-3H3,(H,14,17)(H,15,16,18). The second-order valence-corrected chi connectivity index (χ2v) is 5.50. The van der Waals surface area contributed by atoms with E-state index < -0.39 is 11.9 Å². The van der Waals surface area contributed by atoms with E-state index in [4.69, 9.17) is 0 Å². The summed E-state index contributed by atoms with van der Waals surface area (Å²) in [6, 6.07) is -0.579. The Morgan fingerprint density at radius 1 is 1.39 bits per heavy atom. The van der Waals surface area contributed by atoms with Crippen LogP contribution in [0.2, 0.25) is 0 Å². The predicted molar refractivity (Wildman–Crippen MR) is 66.7 cm³/mol. The van der Waals surface area contributed by atoms with Crippen LogP contribution < -0.4 is 16.0 Å². The first-order valence-electron chi connectivity index (χ1n) is 6.16. The van der Waals surface area contributed by atoms with Gasteiger partial charge in [0.2, 0.25) is 17.7 Å². The second-order valence-electron chi connectivity index (χ2n) is 5.50. The van der Waals surface area contributed by atoms with Crippen LogP contribution in [0.5, 0.6) is 0 Å². The molecule has 0 saturated carbocycles. The number of imide groups is 1. The van der Waals surface area contributed by atoms with Crippen molar-refractivity contribution < 1.29 is 14.4 Å². The van der Waals surface area contributed by atoms with Crippen molar-refractivity contribution in [3.63, 3.8) is 0 Å². The Morgan fingerprint density at radius 3 is 2.61 bits per heavy atom. The average molecular weight is 255 g/mol. The Labute approximate surface area is 107 Å². The molecule has 1 atom stereocenters. The lowest BCUT2D eigenvalue weighted by molar-refractivity contribution is -0.137. The normalized spacial score (nSPS) is 20.5. The van der Waals surface area contributed by atoms with Gasteiger partial charge in [-0.3, -0.25) is 19.7 Å². The van der Waals surface area contributed by atoms with E-state index in [1.165, 1.54) is 0 Å². The van der Waals surface area contributed by atoms with Crippen molar-refractivity contribution in [3.8, 4) is 0 Å². The third-order valence-electron chi connectivity index (χ3n) is 2.58. The summed E-state index contributed by atoms with van der Waals surface area (Å²) in [4.78, 5) is 34.0. The Bertz CT molecular complexity index is 347. The fourth-order valence-corrected chi connectivity index (χ4v) is 1.65. The molecule has 0 aromatic rings. The topological polar surface area (TPSA) is 87.3 Å². The summed E-state index contributed by atoms with van der Waals surface area (Å²) in [5.41, 5.74) is -0.0328. The van der Waals surface area contributed by atoms with Gasteiger partial charge in [-0.2, -0.15) is 0 Å². The smallest absolute Gasteiger partial charge is 0.249 e. The highest BCUT2D eigenvalue weighted by atomic mass is 16.2. The summed E-state index contributed by atoms with van der Waals surface area (Å²) in [5, 5.41) is 8.03. The molecular formula is C12H21N3O3. The van der Waals surface area contributed by atoms with Crippen LogP contribution in [-0.2, 0) is 14.4 Å². The van der Waals surface area contributed by atoms with Crippen molar-refractivity contribution in [2.24, 2.45) is 0 Å². The molecule has 0 aliphatic carbocycles. The molecule has 0 bridgehead atoms. The quantitative estimate of drug-likeness (QED) is 0.601. The molecule has 0 spiro atoms. The maximum atomic E-state index is 11.6. The van der Waals surface area contributed by atoms with Crippen LogP contribution in [-0.4, -0.2) is 35.8 Å². The Kier molecular flexibility index (Phi) is 4.84. The van der Waals surface area contributed by atoms with Gasteiger partial charge in [-0.05, 0) is 27.2 Å². The van der Waals surface area contributed by atoms with Gasteiger partial charge in [-0.15, -0.1) is 0 Å². The van der Waals surface area contributed by atoms with Crippen LogP contribution in [0.3, 0.4) is 0 Å². The van der Waals surface area contributed by atoms with Gasteiger partial charge in [0.05, 0.1) is 0 Å². The molecule has 1 unspecified atom stereocenters. The van der Waals surface area contributed by atoms with Crippen molar-refractivity contribution in [2.75, 3.05) is 6.54 Å². The molecule has 6 nitrogen and oxygen atoms in total. The van der Waals surface area contributed by atoms with Crippen LogP contribution in [0.1, 0.15) is 40.0 Å². The van der Waals surface area contributed by atoms with Gasteiger partial charge in [-0.25, -0.2) is 0 Å². The van der Waals surface area contributed by atoms with E-state index in [2.05, 4.69) is 16.0 Å². The lowest BCUT2D eigenvalue weighted by Crippen LogP contribution is -2.52. The maximum Gasteiger partial charge on any atom is 0.249 e. The lowest BCUT2D eigenvalue weighted by atomic mass is 10.1. The summed E-state index contributed by atoms with van der Waals surface area (Å²) in [5.74, 6) is -0.871. The van der Waals surface area contributed by atoms with E-state index in [9.17, 15) is 14.4 Å². The summed E-state index contributed by atoms with van der Waals surface area (Å²) < 4.78 is 0. The molecule has 102 valence electrons. The number of piperidine rings is 1. The third-order valence-corrected chi connectivity index (χ3v) is 2.58. The minimum absolute atomic E-state index is 0.0328. The molecule has 18 heavy (non-hydrogen) atoms. The number of hydrogen-bond donors (Lipinski definition) is 3. The molecule has 6 heteroatoms. The monoisotopic (exact) mass is 255 g/mol. The largest absolute Gasteiger partial charge is 0.344 e. The highest BCUT2D eigenvalue weighted by Crippen LogP contribution is 2.04. The van der Waals surface area contributed by atoms with E-state index in [0.717, 1.165) is 0 Å². The van der Waals surface area contributed by atoms with Crippen LogP contribution >= 0.6 is 0 Å². The number of carbonyl (C=O) groups excluding carboxylic acids is 3. The number of amides is 3. The van der Waals surface area contributed by atoms with Crippen LogP contribution in [0.15, 0.2) is 0 Å². The van der Waals surface area contributed by atoms with Crippen molar-refractivity contribution >= 4 is 17.7 Å². The first-order valence-corrected chi connectivity index (χ1v) is 6.16. The Morgan fingerprint density at radius 2 is 2.06 bits per heavy atom. The van der Waals surface area contributed by atoms with E-state index >= 15 is 0 Å². The Hall–Kier alpha value is -1.43. The van der Waals surface area contributed by atoms with E-state index in [1.807, 2.05) is 20.8 Å². The Balaban J connectivity index is 2.28. The minimum atomic E-state index is -0.579. The zero-order chi connectivity index (χ0) is 13.8. The van der Waals surface area contributed by atoms with Crippen molar-refractivity contribution in [1.82, 2.24) is 16.0 Å². The summed E-state index contributed by atoms with van der Waals surface area (Å²) in [6.45, 7) is 6.61. The number of rotatable bonds is 4. The van der Waals surface area contributed by atoms with Crippen molar-refractivity contribution in [3.05, 3.63) is 0 Å². The molecule has 1 aliphatic heterocycles. The summed E-state index contributed by atoms with van der Waals surface area (Å²) in [6.07, 6.45) is 0.967. The van der Waals surface area contributed by atoms with Gasteiger partial charge in [0.15, 0.2) is 0 Å². The number of hydrogen-bond acceptors (Lipinski definition) is 4. The summed E-state index contributed by atoms with van der Waals surface area (Å²) >= 11 is 0. The van der Waals surface area contributed by atoms with E-state index in [0.29, 0.717) is 19.4 Å². The zero-order valence-corrected chi connectivity index (χ0v) is 11.1. The van der Waals surface area contributed by atoms with Crippen molar-refractivity contribution in [2.45, 2.75) is 51.6 Å². The van der Waals surface area contributed by atoms with E-state index in [1.54, 1.807) is 0 Å². The van der Waals surface area contributed by atoms with Crippen molar-refractivity contribution in [1.29, 1.82) is 0 Å². The molecular weight excluding hydrogens is 234 g/mol. The van der Waals surface area contributed by atoms with Gasteiger partial charge in [-0.1, -0.05) is 0 Å². The average Bonchev–Trinajstić information content (AvgIpc) is 2.20. The molecule has 0 aromatic heterocycles. The lowest BCUT2D eigenvalue weighted by Gasteiger charge is -2.23. The molecule has 3 N–H and O–H groups in total. The third kappa shape index (κ3) is 5.27. The first kappa shape index (κ1) is 14.6. The molecule has 1 aliphatic rings. The summed E-state index contributed by atoms with van der Waals surface area (Å²) in [7, 11) is 0. The molecule has 1 fully saturated rings. The minimum Gasteiger partial charge on any atom is -0.344 e. The highest BCUT2D eigenvalue weighted by molar-refractivity contribution is 6.01. The first-order chi connectivity index (χ1) is 8.28. The number of carbonyl (C=O) groups is 3. The maximum absolute atomic E-state index is 11.6. The van der Waals surface area contributed by atoms with Gasteiger partial charge in [0, 0.05) is 24.9 Å². The molecule has 0 aromatic carbocycles. The van der Waals surface area contributed by atoms with E-state index in [-0.39, 0.29) is 23.8 Å². The molecule has 1 saturated heterocycles. The fourth-order valence-electron chi connectivity index (χ4n) is 1.65. The SMILES string of the molecule is CC(C)(C)NCCC(=O)NC1CCC(=O)NC1=O. The predicted octanol–water partition coefficient (Wildman–Crippen LogP) is -0.314. The highest BCUT2D eigenvalue weighted by Gasteiger charge is 2.27. The molecule has 1 heterocycles. The molecule has 3 amide bonds. The molecule has 1 rings (SSSR count). The van der Waals surface area contributed by atoms with Gasteiger partial charge in [0.1, 0.15) is 6.04 Å². The second kappa shape index (κ2) is 5.95. The molecule has 0 radical (unpaired) electrons. The van der Waals surface area contributed by atoms with Crippen LogP contribution in [0.4, 0.5) is 0 Å². The van der Waals surface area contributed by atoms with Crippen LogP contribution in [0, 0.1) is 0 Å². The van der Waals surface area contributed by atoms with Gasteiger partial charge in [0.25, 0.3) is 0 Å².